The smallest absolute Gasteiger partial charge is 0.180 e. The Morgan fingerprint density at radius 2 is 1.81 bits per heavy atom. The fourth-order valence-electron chi connectivity index (χ4n) is 2.82. The van der Waals surface area contributed by atoms with E-state index in [9.17, 15) is 8.42 Å². The van der Waals surface area contributed by atoms with Gasteiger partial charge < -0.3 is 5.32 Å². The third kappa shape index (κ3) is 2.68. The van der Waals surface area contributed by atoms with Crippen molar-refractivity contribution < 1.29 is 8.42 Å². The van der Waals surface area contributed by atoms with Gasteiger partial charge in [0.15, 0.2) is 9.84 Å². The minimum atomic E-state index is -3.19. The number of para-hydroxylation sites is 1. The highest BCUT2D eigenvalue weighted by Gasteiger charge is 2.25. The minimum Gasteiger partial charge on any atom is -0.383 e. The molecule has 0 bridgehead atoms. The molecule has 4 heteroatoms. The van der Waals surface area contributed by atoms with Crippen LogP contribution in [0.2, 0.25) is 0 Å². The molecule has 1 unspecified atom stereocenters. The van der Waals surface area contributed by atoms with Crippen LogP contribution >= 0.6 is 0 Å². The van der Waals surface area contributed by atoms with E-state index in [1.165, 1.54) is 11.1 Å². The molecule has 0 fully saturated rings. The quantitative estimate of drug-likeness (QED) is 0.922. The van der Waals surface area contributed by atoms with Gasteiger partial charge in [0.1, 0.15) is 0 Å². The van der Waals surface area contributed by atoms with Crippen molar-refractivity contribution in [2.24, 2.45) is 0 Å². The van der Waals surface area contributed by atoms with E-state index in [1.807, 2.05) is 12.1 Å². The number of nitrogens with one attached hydrogen (secondary N) is 1. The summed E-state index contributed by atoms with van der Waals surface area (Å²) in [6.45, 7) is 2.45. The second-order valence-corrected chi connectivity index (χ2v) is 7.63. The maximum Gasteiger partial charge on any atom is 0.180 e. The van der Waals surface area contributed by atoms with Crippen LogP contribution in [0.5, 0.6) is 0 Å². The molecule has 1 N–H and O–H groups in total. The summed E-state index contributed by atoms with van der Waals surface area (Å²) >= 11 is 0. The van der Waals surface area contributed by atoms with E-state index in [4.69, 9.17) is 0 Å². The summed E-state index contributed by atoms with van der Waals surface area (Å²) in [7, 11) is -3.19. The van der Waals surface area contributed by atoms with Crippen LogP contribution in [-0.2, 0) is 16.3 Å². The molecule has 2 aromatic carbocycles. The Labute approximate surface area is 125 Å². The van der Waals surface area contributed by atoms with Crippen LogP contribution in [-0.4, -0.2) is 20.7 Å². The summed E-state index contributed by atoms with van der Waals surface area (Å²) in [5.74, 6) is 0.594. The van der Waals surface area contributed by atoms with E-state index < -0.39 is 9.84 Å². The van der Waals surface area contributed by atoms with Gasteiger partial charge in [-0.3, -0.25) is 0 Å². The summed E-state index contributed by atoms with van der Waals surface area (Å²) in [5.41, 5.74) is 3.49. The van der Waals surface area contributed by atoms with E-state index in [0.717, 1.165) is 13.0 Å². The fraction of sp³-hybridized carbons (Fsp3) is 0.294. The average Bonchev–Trinajstić information content (AvgIpc) is 2.48. The number of rotatable bonds is 5. The van der Waals surface area contributed by atoms with Gasteiger partial charge in [0.05, 0.1) is 16.3 Å². The third-order valence-electron chi connectivity index (χ3n) is 4.10. The first kappa shape index (κ1) is 14.1. The molecule has 0 aliphatic heterocycles. The van der Waals surface area contributed by atoms with Crippen LogP contribution in [0.3, 0.4) is 0 Å². The van der Waals surface area contributed by atoms with Gasteiger partial charge in [-0.25, -0.2) is 8.42 Å². The van der Waals surface area contributed by atoms with Gasteiger partial charge in [-0.15, -0.1) is 0 Å². The standard InChI is InChI=1S/C17H19NO2S/c1-2-21(19,20)17-10-6-5-9-16(17)18-12-14-11-13-7-3-4-8-15(13)14/h3-10,14,18H,2,11-12H2,1H3. The van der Waals surface area contributed by atoms with E-state index in [-0.39, 0.29) is 5.75 Å². The van der Waals surface area contributed by atoms with Gasteiger partial charge in [-0.05, 0) is 29.7 Å². The molecule has 0 heterocycles. The zero-order chi connectivity index (χ0) is 14.9. The van der Waals surface area contributed by atoms with E-state index >= 15 is 0 Å². The highest BCUT2D eigenvalue weighted by molar-refractivity contribution is 7.91. The summed E-state index contributed by atoms with van der Waals surface area (Å²) in [6.07, 6.45) is 1.06. The number of fused-ring (bicyclic) bond motifs is 1. The second-order valence-electron chi connectivity index (χ2n) is 5.38. The molecule has 0 aromatic heterocycles. The SMILES string of the molecule is CCS(=O)(=O)c1ccccc1NCC1Cc2ccccc21. The lowest BCUT2D eigenvalue weighted by Crippen LogP contribution is -2.24. The molecule has 1 atom stereocenters. The van der Waals surface area contributed by atoms with E-state index in [0.29, 0.717) is 16.5 Å². The number of hydrogen-bond acceptors (Lipinski definition) is 3. The molecule has 110 valence electrons. The summed E-state index contributed by atoms with van der Waals surface area (Å²) in [4.78, 5) is 0.403. The first-order chi connectivity index (χ1) is 10.1. The molecule has 3 nitrogen and oxygen atoms in total. The van der Waals surface area contributed by atoms with Gasteiger partial charge >= 0.3 is 0 Å². The lowest BCUT2D eigenvalue weighted by molar-refractivity contribution is 0.597. The van der Waals surface area contributed by atoms with Crippen LogP contribution in [0.15, 0.2) is 53.4 Å². The zero-order valence-corrected chi connectivity index (χ0v) is 12.9. The van der Waals surface area contributed by atoms with Crippen LogP contribution in [0.4, 0.5) is 5.69 Å². The number of benzene rings is 2. The van der Waals surface area contributed by atoms with Crippen LogP contribution in [0.25, 0.3) is 0 Å². The summed E-state index contributed by atoms with van der Waals surface area (Å²) in [6, 6.07) is 15.6. The molecule has 0 spiro atoms. The molecule has 0 saturated carbocycles. The maximum absolute atomic E-state index is 12.1. The van der Waals surface area contributed by atoms with Crippen molar-refractivity contribution in [3.8, 4) is 0 Å². The molecule has 1 aliphatic carbocycles. The number of anilines is 1. The molecular weight excluding hydrogens is 282 g/mol. The Morgan fingerprint density at radius 3 is 2.57 bits per heavy atom. The highest BCUT2D eigenvalue weighted by atomic mass is 32.2. The number of hydrogen-bond donors (Lipinski definition) is 1. The predicted octanol–water partition coefficient (Wildman–Crippen LogP) is 3.23. The lowest BCUT2D eigenvalue weighted by atomic mass is 9.77. The van der Waals surface area contributed by atoms with Crippen molar-refractivity contribution in [1.29, 1.82) is 0 Å². The molecule has 0 amide bonds. The van der Waals surface area contributed by atoms with Crippen molar-refractivity contribution in [2.45, 2.75) is 24.2 Å². The Kier molecular flexibility index (Phi) is 3.72. The molecule has 21 heavy (non-hydrogen) atoms. The average molecular weight is 301 g/mol. The first-order valence-electron chi connectivity index (χ1n) is 7.25. The minimum absolute atomic E-state index is 0.123. The fourth-order valence-corrected chi connectivity index (χ4v) is 3.89. The van der Waals surface area contributed by atoms with Crippen molar-refractivity contribution in [3.63, 3.8) is 0 Å². The van der Waals surface area contributed by atoms with Gasteiger partial charge in [-0.1, -0.05) is 43.3 Å². The maximum atomic E-state index is 12.1. The monoisotopic (exact) mass is 301 g/mol. The van der Waals surface area contributed by atoms with Crippen LogP contribution in [0, 0.1) is 0 Å². The topological polar surface area (TPSA) is 46.2 Å². The van der Waals surface area contributed by atoms with Gasteiger partial charge in [0.25, 0.3) is 0 Å². The van der Waals surface area contributed by atoms with Gasteiger partial charge in [0, 0.05) is 12.5 Å². The Balaban J connectivity index is 1.76. The third-order valence-corrected chi connectivity index (χ3v) is 5.89. The second kappa shape index (κ2) is 5.53. The Morgan fingerprint density at radius 1 is 1.10 bits per heavy atom. The van der Waals surface area contributed by atoms with Crippen molar-refractivity contribution in [1.82, 2.24) is 0 Å². The van der Waals surface area contributed by atoms with E-state index in [2.05, 4.69) is 29.6 Å². The van der Waals surface area contributed by atoms with Crippen molar-refractivity contribution in [2.75, 3.05) is 17.6 Å². The summed E-state index contributed by atoms with van der Waals surface area (Å²) in [5, 5.41) is 3.32. The normalized spacial score (nSPS) is 16.9. The molecular formula is C17H19NO2S. The largest absolute Gasteiger partial charge is 0.383 e. The molecule has 3 rings (SSSR count). The molecule has 2 aromatic rings. The molecule has 1 aliphatic rings. The summed E-state index contributed by atoms with van der Waals surface area (Å²) < 4.78 is 24.2. The first-order valence-corrected chi connectivity index (χ1v) is 8.90. The Hall–Kier alpha value is -1.81. The molecule has 0 saturated heterocycles. The van der Waals surface area contributed by atoms with Gasteiger partial charge in [-0.2, -0.15) is 0 Å². The van der Waals surface area contributed by atoms with Crippen molar-refractivity contribution >= 4 is 15.5 Å². The van der Waals surface area contributed by atoms with E-state index in [1.54, 1.807) is 19.1 Å². The van der Waals surface area contributed by atoms with Crippen LogP contribution < -0.4 is 5.32 Å². The Bertz CT molecular complexity index is 753. The molecule has 0 radical (unpaired) electrons. The highest BCUT2D eigenvalue weighted by Crippen LogP contribution is 2.35. The van der Waals surface area contributed by atoms with Crippen LogP contribution in [0.1, 0.15) is 24.0 Å². The van der Waals surface area contributed by atoms with Gasteiger partial charge in [0.2, 0.25) is 0 Å². The number of sulfone groups is 1. The zero-order valence-electron chi connectivity index (χ0n) is 12.0. The predicted molar refractivity (Wildman–Crippen MR) is 85.5 cm³/mol. The lowest BCUT2D eigenvalue weighted by Gasteiger charge is -2.30. The van der Waals surface area contributed by atoms with Crippen molar-refractivity contribution in [3.05, 3.63) is 59.7 Å².